The topological polar surface area (TPSA) is 50.7 Å². The molecule has 1 N–H and O–H groups in total. The number of ether oxygens (including phenoxy) is 1. The van der Waals surface area contributed by atoms with Gasteiger partial charge >= 0.3 is 0 Å². The molecular weight excluding hydrogens is 283 g/mol. The minimum absolute atomic E-state index is 0.225. The number of nitrogens with zero attached hydrogens (tertiary/aromatic N) is 1. The van der Waals surface area contributed by atoms with Crippen molar-refractivity contribution in [2.45, 2.75) is 13.8 Å². The number of hydrogen-bond donors (Lipinski definition) is 1. The van der Waals surface area contributed by atoms with Crippen LogP contribution in [-0.4, -0.2) is 18.2 Å². The summed E-state index contributed by atoms with van der Waals surface area (Å²) in [5.41, 5.74) is 4.15. The van der Waals surface area contributed by atoms with Gasteiger partial charge in [0.05, 0.1) is 12.3 Å². The van der Waals surface area contributed by atoms with Crippen LogP contribution >= 0.6 is 0 Å². The molecule has 0 spiro atoms. The quantitative estimate of drug-likeness (QED) is 0.680. The van der Waals surface area contributed by atoms with Crippen LogP contribution in [0.4, 0.5) is 4.39 Å². The van der Waals surface area contributed by atoms with E-state index in [9.17, 15) is 9.18 Å². The minimum atomic E-state index is -0.458. The van der Waals surface area contributed by atoms with E-state index in [4.69, 9.17) is 4.74 Å². The highest BCUT2D eigenvalue weighted by atomic mass is 19.1. The van der Waals surface area contributed by atoms with Crippen LogP contribution in [0.15, 0.2) is 53.6 Å². The van der Waals surface area contributed by atoms with Gasteiger partial charge in [0.1, 0.15) is 11.6 Å². The van der Waals surface area contributed by atoms with Gasteiger partial charge in [-0.15, -0.1) is 0 Å². The highest BCUT2D eigenvalue weighted by molar-refractivity contribution is 6.00. The number of carbonyl (C=O) groups excluding carboxylic acids is 1. The van der Waals surface area contributed by atoms with Gasteiger partial charge in [-0.3, -0.25) is 4.79 Å². The number of halogens is 1. The first-order chi connectivity index (χ1) is 10.6. The van der Waals surface area contributed by atoms with Gasteiger partial charge < -0.3 is 4.74 Å². The maximum Gasteiger partial charge on any atom is 0.271 e. The molecule has 0 heterocycles. The van der Waals surface area contributed by atoms with E-state index in [1.54, 1.807) is 6.92 Å². The van der Waals surface area contributed by atoms with E-state index in [1.807, 2.05) is 31.2 Å². The summed E-state index contributed by atoms with van der Waals surface area (Å²) in [6, 6.07) is 12.9. The lowest BCUT2D eigenvalue weighted by Gasteiger charge is -2.05. The van der Waals surface area contributed by atoms with E-state index in [0.717, 1.165) is 17.4 Å². The lowest BCUT2D eigenvalue weighted by molar-refractivity contribution is 0.0954. The lowest BCUT2D eigenvalue weighted by atomic mass is 10.1. The SMILES string of the molecule is CCOc1ccc(/C(C)=N/NC(=O)c2cccc(F)c2)cc1. The molecule has 0 saturated heterocycles. The van der Waals surface area contributed by atoms with E-state index in [-0.39, 0.29) is 5.56 Å². The van der Waals surface area contributed by atoms with Gasteiger partial charge in [-0.2, -0.15) is 5.10 Å². The van der Waals surface area contributed by atoms with Crippen LogP contribution in [0, 0.1) is 5.82 Å². The molecule has 0 fully saturated rings. The number of nitrogens with one attached hydrogen (secondary N) is 1. The van der Waals surface area contributed by atoms with Crippen molar-refractivity contribution in [1.29, 1.82) is 0 Å². The second-order valence-electron chi connectivity index (χ2n) is 4.61. The van der Waals surface area contributed by atoms with Gasteiger partial charge in [0.2, 0.25) is 0 Å². The van der Waals surface area contributed by atoms with Gasteiger partial charge in [-0.25, -0.2) is 9.82 Å². The Bertz CT molecular complexity index is 681. The highest BCUT2D eigenvalue weighted by Crippen LogP contribution is 2.12. The van der Waals surface area contributed by atoms with Crippen LogP contribution < -0.4 is 10.2 Å². The summed E-state index contributed by atoms with van der Waals surface area (Å²) in [5.74, 6) is -0.132. The van der Waals surface area contributed by atoms with Crippen molar-refractivity contribution in [3.05, 3.63) is 65.5 Å². The molecule has 114 valence electrons. The molecular formula is C17H17FN2O2. The van der Waals surface area contributed by atoms with Crippen molar-refractivity contribution >= 4 is 11.6 Å². The Kier molecular flexibility index (Phi) is 5.25. The molecule has 0 aliphatic rings. The monoisotopic (exact) mass is 300 g/mol. The fourth-order valence-electron chi connectivity index (χ4n) is 1.85. The smallest absolute Gasteiger partial charge is 0.271 e. The lowest BCUT2D eigenvalue weighted by Crippen LogP contribution is -2.19. The second-order valence-corrected chi connectivity index (χ2v) is 4.61. The third kappa shape index (κ3) is 4.15. The Morgan fingerprint density at radius 3 is 2.55 bits per heavy atom. The average molecular weight is 300 g/mol. The van der Waals surface area contributed by atoms with Crippen LogP contribution in [0.1, 0.15) is 29.8 Å². The largest absolute Gasteiger partial charge is 0.494 e. The molecule has 0 atom stereocenters. The number of amides is 1. The van der Waals surface area contributed by atoms with Crippen LogP contribution in [0.25, 0.3) is 0 Å². The molecule has 4 nitrogen and oxygen atoms in total. The van der Waals surface area contributed by atoms with E-state index >= 15 is 0 Å². The van der Waals surface area contributed by atoms with Gasteiger partial charge in [-0.1, -0.05) is 6.07 Å². The Hall–Kier alpha value is -2.69. The van der Waals surface area contributed by atoms with Crippen molar-refractivity contribution in [3.63, 3.8) is 0 Å². The fraction of sp³-hybridized carbons (Fsp3) is 0.176. The number of benzene rings is 2. The zero-order chi connectivity index (χ0) is 15.9. The van der Waals surface area contributed by atoms with Crippen LogP contribution in [0.3, 0.4) is 0 Å². The summed E-state index contributed by atoms with van der Waals surface area (Å²) in [6.07, 6.45) is 0. The average Bonchev–Trinajstić information content (AvgIpc) is 2.53. The highest BCUT2D eigenvalue weighted by Gasteiger charge is 2.06. The summed E-state index contributed by atoms with van der Waals surface area (Å²) in [4.78, 5) is 11.9. The van der Waals surface area contributed by atoms with Gasteiger partial charge in [0, 0.05) is 5.56 Å². The van der Waals surface area contributed by atoms with Gasteiger partial charge in [-0.05, 0) is 61.9 Å². The van der Waals surface area contributed by atoms with Crippen molar-refractivity contribution in [2.24, 2.45) is 5.10 Å². The summed E-state index contributed by atoms with van der Waals surface area (Å²) < 4.78 is 18.4. The van der Waals surface area contributed by atoms with Crippen LogP contribution in [-0.2, 0) is 0 Å². The maximum absolute atomic E-state index is 13.1. The number of carbonyl (C=O) groups is 1. The molecule has 5 heteroatoms. The molecule has 22 heavy (non-hydrogen) atoms. The second kappa shape index (κ2) is 7.36. The third-order valence-corrected chi connectivity index (χ3v) is 3.00. The van der Waals surface area contributed by atoms with E-state index in [2.05, 4.69) is 10.5 Å². The van der Waals surface area contributed by atoms with E-state index < -0.39 is 11.7 Å². The van der Waals surface area contributed by atoms with Crippen molar-refractivity contribution in [3.8, 4) is 5.75 Å². The van der Waals surface area contributed by atoms with Crippen LogP contribution in [0.5, 0.6) is 5.75 Å². The first-order valence-electron chi connectivity index (χ1n) is 6.93. The first kappa shape index (κ1) is 15.7. The molecule has 2 aromatic rings. The third-order valence-electron chi connectivity index (χ3n) is 3.00. The van der Waals surface area contributed by atoms with Gasteiger partial charge in [0.25, 0.3) is 5.91 Å². The van der Waals surface area contributed by atoms with E-state index in [1.165, 1.54) is 18.2 Å². The molecule has 2 rings (SSSR count). The molecule has 0 aliphatic heterocycles. The fourth-order valence-corrected chi connectivity index (χ4v) is 1.85. The number of hydrazone groups is 1. The number of rotatable bonds is 5. The predicted octanol–water partition coefficient (Wildman–Crippen LogP) is 3.38. The molecule has 0 aliphatic carbocycles. The predicted molar refractivity (Wildman–Crippen MR) is 83.7 cm³/mol. The summed E-state index contributed by atoms with van der Waals surface area (Å²) in [6.45, 7) is 4.31. The van der Waals surface area contributed by atoms with Crippen molar-refractivity contribution < 1.29 is 13.9 Å². The summed E-state index contributed by atoms with van der Waals surface area (Å²) in [5, 5.41) is 4.03. The van der Waals surface area contributed by atoms with Crippen LogP contribution in [0.2, 0.25) is 0 Å². The molecule has 0 radical (unpaired) electrons. The molecule has 0 unspecified atom stereocenters. The van der Waals surface area contributed by atoms with Gasteiger partial charge in [0.15, 0.2) is 0 Å². The number of hydrogen-bond acceptors (Lipinski definition) is 3. The first-order valence-corrected chi connectivity index (χ1v) is 6.93. The minimum Gasteiger partial charge on any atom is -0.494 e. The maximum atomic E-state index is 13.1. The van der Waals surface area contributed by atoms with Crippen molar-refractivity contribution in [2.75, 3.05) is 6.61 Å². The summed E-state index contributed by atoms with van der Waals surface area (Å²) >= 11 is 0. The molecule has 0 bridgehead atoms. The molecule has 2 aromatic carbocycles. The summed E-state index contributed by atoms with van der Waals surface area (Å²) in [7, 11) is 0. The Morgan fingerprint density at radius 1 is 1.18 bits per heavy atom. The normalized spacial score (nSPS) is 11.1. The molecule has 0 saturated carbocycles. The van der Waals surface area contributed by atoms with E-state index in [0.29, 0.717) is 12.3 Å². The Balaban J connectivity index is 2.04. The van der Waals surface area contributed by atoms with Crippen molar-refractivity contribution in [1.82, 2.24) is 5.43 Å². The Labute approximate surface area is 128 Å². The standard InChI is InChI=1S/C17H17FN2O2/c1-3-22-16-9-7-13(8-10-16)12(2)19-20-17(21)14-5-4-6-15(18)11-14/h4-11H,3H2,1-2H3,(H,20,21)/b19-12+. The molecule has 1 amide bonds. The Morgan fingerprint density at radius 2 is 1.91 bits per heavy atom. The molecule has 0 aromatic heterocycles. The zero-order valence-corrected chi connectivity index (χ0v) is 12.5. The zero-order valence-electron chi connectivity index (χ0n) is 12.5.